The monoisotopic (exact) mass is 250 g/mol. The Hall–Kier alpha value is -1.75. The van der Waals surface area contributed by atoms with Gasteiger partial charge in [-0.25, -0.2) is 0 Å². The van der Waals surface area contributed by atoms with Crippen molar-refractivity contribution >= 4 is 5.91 Å². The Kier molecular flexibility index (Phi) is 3.43. The van der Waals surface area contributed by atoms with Crippen molar-refractivity contribution in [1.29, 1.82) is 0 Å². The number of fused-ring (bicyclic) bond motifs is 1. The Balaban J connectivity index is 1.89. The lowest BCUT2D eigenvalue weighted by molar-refractivity contribution is -0.125. The molecule has 1 aliphatic rings. The van der Waals surface area contributed by atoms with E-state index in [1.165, 1.54) is 0 Å². The van der Waals surface area contributed by atoms with Crippen LogP contribution in [0.5, 0.6) is 11.5 Å². The second kappa shape index (κ2) is 4.86. The number of benzene rings is 1. The van der Waals surface area contributed by atoms with Gasteiger partial charge < -0.3 is 20.5 Å². The van der Waals surface area contributed by atoms with E-state index < -0.39 is 5.41 Å². The summed E-state index contributed by atoms with van der Waals surface area (Å²) in [6.45, 7) is 5.12. The lowest BCUT2D eigenvalue weighted by atomic mass is 9.93. The molecule has 1 aliphatic heterocycles. The molecule has 0 saturated heterocycles. The van der Waals surface area contributed by atoms with Gasteiger partial charge in [0, 0.05) is 13.1 Å². The molecule has 0 saturated carbocycles. The van der Waals surface area contributed by atoms with Crippen molar-refractivity contribution in [1.82, 2.24) is 5.32 Å². The zero-order valence-corrected chi connectivity index (χ0v) is 10.7. The van der Waals surface area contributed by atoms with Crippen molar-refractivity contribution in [3.8, 4) is 11.5 Å². The molecule has 1 heterocycles. The average Bonchev–Trinajstić information content (AvgIpc) is 2.75. The predicted molar refractivity (Wildman–Crippen MR) is 67.2 cm³/mol. The van der Waals surface area contributed by atoms with Gasteiger partial charge in [-0.2, -0.15) is 0 Å². The summed E-state index contributed by atoms with van der Waals surface area (Å²) >= 11 is 0. The maximum absolute atomic E-state index is 11.2. The topological polar surface area (TPSA) is 73.6 Å². The van der Waals surface area contributed by atoms with Crippen LogP contribution >= 0.6 is 0 Å². The number of carbonyl (C=O) groups excluding carboxylic acids is 1. The van der Waals surface area contributed by atoms with Crippen LogP contribution in [0.2, 0.25) is 0 Å². The van der Waals surface area contributed by atoms with Crippen LogP contribution in [0.25, 0.3) is 0 Å². The summed E-state index contributed by atoms with van der Waals surface area (Å²) in [5.74, 6) is 1.24. The minimum atomic E-state index is -0.545. The minimum Gasteiger partial charge on any atom is -0.454 e. The molecule has 3 N–H and O–H groups in total. The van der Waals surface area contributed by atoms with Crippen molar-refractivity contribution in [3.63, 3.8) is 0 Å². The predicted octanol–water partition coefficient (Wildman–Crippen LogP) is 1.02. The first kappa shape index (κ1) is 12.7. The molecule has 98 valence electrons. The number of nitrogens with one attached hydrogen (secondary N) is 1. The van der Waals surface area contributed by atoms with E-state index in [4.69, 9.17) is 15.2 Å². The van der Waals surface area contributed by atoms with Gasteiger partial charge in [0.25, 0.3) is 0 Å². The van der Waals surface area contributed by atoms with Gasteiger partial charge in [-0.1, -0.05) is 6.07 Å². The van der Waals surface area contributed by atoms with Gasteiger partial charge >= 0.3 is 0 Å². The molecular formula is C13H18N2O3. The first-order valence-corrected chi connectivity index (χ1v) is 5.88. The van der Waals surface area contributed by atoms with Crippen LogP contribution < -0.4 is 20.5 Å². The summed E-state index contributed by atoms with van der Waals surface area (Å²) in [5, 5.41) is 3.22. The molecule has 0 radical (unpaired) electrons. The van der Waals surface area contributed by atoms with Gasteiger partial charge in [0.05, 0.1) is 5.41 Å². The lowest BCUT2D eigenvalue weighted by Gasteiger charge is -2.20. The third-order valence-electron chi connectivity index (χ3n) is 3.00. The molecule has 0 bridgehead atoms. The van der Waals surface area contributed by atoms with Crippen molar-refractivity contribution < 1.29 is 14.3 Å². The summed E-state index contributed by atoms with van der Waals surface area (Å²) in [6, 6.07) is 5.79. The Morgan fingerprint density at radius 2 is 2.11 bits per heavy atom. The van der Waals surface area contributed by atoms with Gasteiger partial charge in [0.15, 0.2) is 11.5 Å². The molecule has 0 aromatic heterocycles. The quantitative estimate of drug-likeness (QED) is 0.818. The number of hydrogen-bond acceptors (Lipinski definition) is 4. The summed E-state index contributed by atoms with van der Waals surface area (Å²) in [5.41, 5.74) is 5.85. The molecule has 5 heteroatoms. The van der Waals surface area contributed by atoms with Gasteiger partial charge in [-0.3, -0.25) is 4.79 Å². The molecule has 1 amide bonds. The lowest BCUT2D eigenvalue weighted by Crippen LogP contribution is -2.40. The van der Waals surface area contributed by atoms with Crippen LogP contribution in [-0.2, 0) is 11.3 Å². The van der Waals surface area contributed by atoms with Crippen molar-refractivity contribution in [3.05, 3.63) is 23.8 Å². The summed E-state index contributed by atoms with van der Waals surface area (Å²) in [7, 11) is 0. The molecule has 1 aromatic rings. The van der Waals surface area contributed by atoms with Crippen LogP contribution in [0, 0.1) is 5.41 Å². The third-order valence-corrected chi connectivity index (χ3v) is 3.00. The van der Waals surface area contributed by atoms with Crippen molar-refractivity contribution in [2.45, 2.75) is 20.4 Å². The highest BCUT2D eigenvalue weighted by Gasteiger charge is 2.24. The number of rotatable bonds is 5. The standard InChI is InChI=1S/C13H18N2O3/c1-13(2,12(14)16)7-15-6-9-3-4-10-11(5-9)18-8-17-10/h3-5,15H,6-8H2,1-2H3,(H2,14,16). The number of hydrogen-bond donors (Lipinski definition) is 2. The van der Waals surface area contributed by atoms with Crippen molar-refractivity contribution in [2.24, 2.45) is 11.1 Å². The Bertz CT molecular complexity index is 458. The molecular weight excluding hydrogens is 232 g/mol. The molecule has 18 heavy (non-hydrogen) atoms. The smallest absolute Gasteiger partial charge is 0.231 e. The third kappa shape index (κ3) is 2.73. The van der Waals surface area contributed by atoms with E-state index in [-0.39, 0.29) is 12.7 Å². The fraction of sp³-hybridized carbons (Fsp3) is 0.462. The maximum Gasteiger partial charge on any atom is 0.231 e. The maximum atomic E-state index is 11.2. The van der Waals surface area contributed by atoms with Crippen LogP contribution in [-0.4, -0.2) is 19.2 Å². The summed E-state index contributed by atoms with van der Waals surface area (Å²) in [4.78, 5) is 11.2. The highest BCUT2D eigenvalue weighted by Crippen LogP contribution is 2.32. The van der Waals surface area contributed by atoms with Gasteiger partial charge in [-0.15, -0.1) is 0 Å². The molecule has 1 aromatic carbocycles. The number of ether oxygens (including phenoxy) is 2. The van der Waals surface area contributed by atoms with Crippen LogP contribution in [0.15, 0.2) is 18.2 Å². The molecule has 5 nitrogen and oxygen atoms in total. The Labute approximate surface area is 106 Å². The number of amides is 1. The fourth-order valence-electron chi connectivity index (χ4n) is 1.66. The first-order valence-electron chi connectivity index (χ1n) is 5.88. The number of nitrogens with two attached hydrogens (primary N) is 1. The fourth-order valence-corrected chi connectivity index (χ4v) is 1.66. The van der Waals surface area contributed by atoms with E-state index in [2.05, 4.69) is 5.32 Å². The van der Waals surface area contributed by atoms with Crippen LogP contribution in [0.3, 0.4) is 0 Å². The van der Waals surface area contributed by atoms with Gasteiger partial charge in [-0.05, 0) is 31.5 Å². The minimum absolute atomic E-state index is 0.279. The highest BCUT2D eigenvalue weighted by molar-refractivity contribution is 5.80. The zero-order chi connectivity index (χ0) is 13.2. The van der Waals surface area contributed by atoms with Gasteiger partial charge in [0.1, 0.15) is 0 Å². The SMILES string of the molecule is CC(C)(CNCc1ccc2c(c1)OCO2)C(N)=O. The van der Waals surface area contributed by atoms with E-state index in [0.717, 1.165) is 17.1 Å². The van der Waals surface area contributed by atoms with Gasteiger partial charge in [0.2, 0.25) is 12.7 Å². The zero-order valence-electron chi connectivity index (χ0n) is 10.7. The second-order valence-corrected chi connectivity index (χ2v) is 5.04. The second-order valence-electron chi connectivity index (χ2n) is 5.04. The van der Waals surface area contributed by atoms with Crippen LogP contribution in [0.1, 0.15) is 19.4 Å². The van der Waals surface area contributed by atoms with E-state index in [1.54, 1.807) is 0 Å². The largest absolute Gasteiger partial charge is 0.454 e. The summed E-state index contributed by atoms with van der Waals surface area (Å²) < 4.78 is 10.5. The molecule has 0 atom stereocenters. The Morgan fingerprint density at radius 3 is 2.83 bits per heavy atom. The number of primary amides is 1. The van der Waals surface area contributed by atoms with Crippen molar-refractivity contribution in [2.75, 3.05) is 13.3 Å². The first-order chi connectivity index (χ1) is 8.49. The summed E-state index contributed by atoms with van der Waals surface area (Å²) in [6.07, 6.45) is 0. The molecule has 2 rings (SSSR count). The molecule has 0 fully saturated rings. The average molecular weight is 250 g/mol. The Morgan fingerprint density at radius 1 is 1.39 bits per heavy atom. The van der Waals surface area contributed by atoms with Crippen LogP contribution in [0.4, 0.5) is 0 Å². The molecule has 0 unspecified atom stereocenters. The molecule has 0 aliphatic carbocycles. The van der Waals surface area contributed by atoms with E-state index in [9.17, 15) is 4.79 Å². The van der Waals surface area contributed by atoms with E-state index in [1.807, 2.05) is 32.0 Å². The van der Waals surface area contributed by atoms with E-state index in [0.29, 0.717) is 13.1 Å². The number of carbonyl (C=O) groups is 1. The van der Waals surface area contributed by atoms with E-state index >= 15 is 0 Å². The highest BCUT2D eigenvalue weighted by atomic mass is 16.7. The molecule has 0 spiro atoms. The normalized spacial score (nSPS) is 13.7.